The molecule has 7 nitrogen and oxygen atoms in total. The summed E-state index contributed by atoms with van der Waals surface area (Å²) in [6.07, 6.45) is 1.77. The van der Waals surface area contributed by atoms with E-state index in [0.717, 1.165) is 19.4 Å². The largest absolute Gasteiger partial charge is 0.365 e. The molecule has 1 aliphatic heterocycles. The molecule has 0 spiro atoms. The molecule has 1 aliphatic carbocycles. The van der Waals surface area contributed by atoms with Gasteiger partial charge in [0.15, 0.2) is 5.39 Å². The number of nitrogens with zero attached hydrogens (tertiary/aromatic N) is 2. The number of piperazine rings is 1. The molecule has 3 heterocycles. The summed E-state index contributed by atoms with van der Waals surface area (Å²) in [5.74, 6) is -0.555. The molecule has 142 valence electrons. The lowest BCUT2D eigenvalue weighted by Gasteiger charge is -2.34. The lowest BCUT2D eigenvalue weighted by atomic mass is 10.1. The molecular weight excluding hydrogens is 375 g/mol. The Labute approximate surface area is 157 Å². The summed E-state index contributed by atoms with van der Waals surface area (Å²) in [7, 11) is 0. The summed E-state index contributed by atoms with van der Waals surface area (Å²) >= 11 is 6.69. The van der Waals surface area contributed by atoms with Crippen LogP contribution < -0.4 is 21.2 Å². The van der Waals surface area contributed by atoms with Crippen LogP contribution in [0.15, 0.2) is 20.2 Å². The van der Waals surface area contributed by atoms with Crippen LogP contribution in [-0.2, 0) is 0 Å². The zero-order chi connectivity index (χ0) is 18.9. The summed E-state index contributed by atoms with van der Waals surface area (Å²) in [4.78, 5) is 26.8. The molecule has 9 heteroatoms. The molecule has 2 aliphatic rings. The van der Waals surface area contributed by atoms with E-state index in [1.807, 2.05) is 11.8 Å². The predicted molar refractivity (Wildman–Crippen MR) is 102 cm³/mol. The third kappa shape index (κ3) is 2.43. The molecule has 2 N–H and O–H groups in total. The highest BCUT2D eigenvalue weighted by molar-refractivity contribution is 6.38. The summed E-state index contributed by atoms with van der Waals surface area (Å²) in [6.45, 7) is 3.96. The second-order valence-electron chi connectivity index (χ2n) is 7.36. The number of H-pyrrole nitrogens is 1. The van der Waals surface area contributed by atoms with Gasteiger partial charge in [0.2, 0.25) is 11.1 Å². The zero-order valence-corrected chi connectivity index (χ0v) is 15.4. The van der Waals surface area contributed by atoms with Gasteiger partial charge in [-0.15, -0.1) is 0 Å². The topological polar surface area (TPSA) is 83.3 Å². The van der Waals surface area contributed by atoms with E-state index in [1.165, 1.54) is 6.07 Å². The SMILES string of the molecule is CC1CN(c2c(F)cc3c(=O)c4c(=O)[nH]oc4n(C4CC4)c3c2Cl)CCN1. The number of aromatic amines is 1. The number of hydrogen-bond acceptors (Lipinski definition) is 5. The van der Waals surface area contributed by atoms with Gasteiger partial charge in [0.25, 0.3) is 5.56 Å². The number of benzene rings is 1. The van der Waals surface area contributed by atoms with Crippen molar-refractivity contribution in [2.75, 3.05) is 24.5 Å². The van der Waals surface area contributed by atoms with Gasteiger partial charge in [-0.1, -0.05) is 11.6 Å². The minimum absolute atomic E-state index is 0.0762. The van der Waals surface area contributed by atoms with Gasteiger partial charge in [-0.3, -0.25) is 9.59 Å². The van der Waals surface area contributed by atoms with Crippen molar-refractivity contribution >= 4 is 39.3 Å². The lowest BCUT2D eigenvalue weighted by Crippen LogP contribution is -2.49. The first-order chi connectivity index (χ1) is 13.0. The van der Waals surface area contributed by atoms with Crippen LogP contribution in [0.5, 0.6) is 0 Å². The maximum atomic E-state index is 15.0. The Kier molecular flexibility index (Phi) is 3.64. The van der Waals surface area contributed by atoms with Crippen molar-refractivity contribution in [1.29, 1.82) is 0 Å². The zero-order valence-electron chi connectivity index (χ0n) is 14.6. The monoisotopic (exact) mass is 392 g/mol. The Morgan fingerprint density at radius 3 is 2.81 bits per heavy atom. The van der Waals surface area contributed by atoms with E-state index in [2.05, 4.69) is 10.5 Å². The van der Waals surface area contributed by atoms with E-state index >= 15 is 4.39 Å². The molecule has 1 saturated heterocycles. The number of rotatable bonds is 2. The van der Waals surface area contributed by atoms with Gasteiger partial charge in [-0.2, -0.15) is 5.16 Å². The van der Waals surface area contributed by atoms with E-state index in [0.29, 0.717) is 24.3 Å². The average Bonchev–Trinajstić information content (AvgIpc) is 3.39. The number of nitrogens with one attached hydrogen (secondary N) is 2. The first-order valence-electron chi connectivity index (χ1n) is 9.03. The van der Waals surface area contributed by atoms with Crippen LogP contribution in [0.2, 0.25) is 5.02 Å². The molecule has 0 amide bonds. The predicted octanol–water partition coefficient (Wildman–Crippen LogP) is 2.36. The van der Waals surface area contributed by atoms with Crippen LogP contribution in [-0.4, -0.2) is 35.4 Å². The molecule has 1 unspecified atom stereocenters. The molecule has 1 atom stereocenters. The fraction of sp³-hybridized carbons (Fsp3) is 0.444. The van der Waals surface area contributed by atoms with Crippen molar-refractivity contribution < 1.29 is 8.91 Å². The second-order valence-corrected chi connectivity index (χ2v) is 7.74. The van der Waals surface area contributed by atoms with E-state index in [4.69, 9.17) is 16.1 Å². The van der Waals surface area contributed by atoms with Crippen molar-refractivity contribution in [3.8, 4) is 0 Å². The minimum Gasteiger partial charge on any atom is -0.365 e. The maximum absolute atomic E-state index is 15.0. The first-order valence-corrected chi connectivity index (χ1v) is 9.41. The van der Waals surface area contributed by atoms with Crippen molar-refractivity contribution in [2.45, 2.75) is 31.8 Å². The smallest absolute Gasteiger partial charge is 0.293 e. The maximum Gasteiger partial charge on any atom is 0.293 e. The highest BCUT2D eigenvalue weighted by Crippen LogP contribution is 2.43. The number of pyridine rings is 1. The number of anilines is 1. The molecular formula is C18H18ClFN4O3. The summed E-state index contributed by atoms with van der Waals surface area (Å²) in [6, 6.07) is 1.48. The van der Waals surface area contributed by atoms with Crippen LogP contribution in [0, 0.1) is 5.82 Å². The Balaban J connectivity index is 1.88. The fourth-order valence-electron chi connectivity index (χ4n) is 4.01. The van der Waals surface area contributed by atoms with E-state index in [-0.39, 0.29) is 33.6 Å². The van der Waals surface area contributed by atoms with E-state index in [1.54, 1.807) is 4.57 Å². The lowest BCUT2D eigenvalue weighted by molar-refractivity contribution is 0.428. The summed E-state index contributed by atoms with van der Waals surface area (Å²) in [5.41, 5.74) is -0.269. The van der Waals surface area contributed by atoms with Crippen molar-refractivity contribution in [3.63, 3.8) is 0 Å². The third-order valence-corrected chi connectivity index (χ3v) is 5.74. The number of fused-ring (bicyclic) bond motifs is 2. The standard InChI is InChI=1S/C18H18ClFN4O3/c1-8-7-23(5-4-21-8)15-11(20)6-10-14(13(15)19)24(9-2-3-9)18-12(16(10)25)17(26)22-27-18/h6,8-9,21H,2-5,7H2,1H3,(H,22,26). The average molecular weight is 393 g/mol. The molecule has 1 saturated carbocycles. The number of halogens is 2. The molecule has 0 radical (unpaired) electrons. The van der Waals surface area contributed by atoms with Gasteiger partial charge >= 0.3 is 0 Å². The molecule has 27 heavy (non-hydrogen) atoms. The van der Waals surface area contributed by atoms with Gasteiger partial charge in [-0.25, -0.2) is 4.39 Å². The quantitative estimate of drug-likeness (QED) is 0.699. The van der Waals surface area contributed by atoms with E-state index in [9.17, 15) is 9.59 Å². The molecule has 2 fully saturated rings. The van der Waals surface area contributed by atoms with Gasteiger partial charge in [-0.05, 0) is 25.8 Å². The van der Waals surface area contributed by atoms with Crippen molar-refractivity contribution in [2.24, 2.45) is 0 Å². The Morgan fingerprint density at radius 2 is 2.11 bits per heavy atom. The molecule has 0 bridgehead atoms. The number of hydrogen-bond donors (Lipinski definition) is 2. The molecule has 5 rings (SSSR count). The van der Waals surface area contributed by atoms with Gasteiger partial charge in [0, 0.05) is 31.7 Å². The fourth-order valence-corrected chi connectivity index (χ4v) is 4.42. The third-order valence-electron chi connectivity index (χ3n) is 5.38. The van der Waals surface area contributed by atoms with Crippen LogP contribution in [0.25, 0.3) is 22.0 Å². The van der Waals surface area contributed by atoms with Gasteiger partial charge in [0.1, 0.15) is 5.82 Å². The minimum atomic E-state index is -0.608. The Hall–Kier alpha value is -2.32. The van der Waals surface area contributed by atoms with Crippen LogP contribution in [0.3, 0.4) is 0 Å². The highest BCUT2D eigenvalue weighted by atomic mass is 35.5. The normalized spacial score (nSPS) is 20.7. The van der Waals surface area contributed by atoms with Crippen LogP contribution >= 0.6 is 11.6 Å². The van der Waals surface area contributed by atoms with Crippen molar-refractivity contribution in [3.05, 3.63) is 37.5 Å². The van der Waals surface area contributed by atoms with Crippen LogP contribution in [0.1, 0.15) is 25.8 Å². The second kappa shape index (κ2) is 5.84. The van der Waals surface area contributed by atoms with Crippen LogP contribution in [0.4, 0.5) is 10.1 Å². The molecule has 2 aromatic heterocycles. The number of aromatic nitrogens is 2. The Morgan fingerprint density at radius 1 is 1.33 bits per heavy atom. The Bertz CT molecular complexity index is 1190. The molecule has 1 aromatic carbocycles. The summed E-state index contributed by atoms with van der Waals surface area (Å²) < 4.78 is 22.1. The van der Waals surface area contributed by atoms with E-state index < -0.39 is 16.8 Å². The van der Waals surface area contributed by atoms with Gasteiger partial charge < -0.3 is 19.3 Å². The van der Waals surface area contributed by atoms with Crippen molar-refractivity contribution in [1.82, 2.24) is 15.0 Å². The first kappa shape index (κ1) is 16.8. The molecule has 3 aromatic rings. The van der Waals surface area contributed by atoms with Gasteiger partial charge in [0.05, 0.1) is 21.6 Å². The summed E-state index contributed by atoms with van der Waals surface area (Å²) in [5, 5.41) is 5.75. The highest BCUT2D eigenvalue weighted by Gasteiger charge is 2.33.